The topological polar surface area (TPSA) is 64.3 Å². The molecule has 1 aliphatic rings. The first-order valence-electron chi connectivity index (χ1n) is 5.12. The number of rotatable bonds is 2. The Balaban J connectivity index is 2.47. The summed E-state index contributed by atoms with van der Waals surface area (Å²) >= 11 is 0. The minimum atomic E-state index is -0.669. The van der Waals surface area contributed by atoms with Crippen molar-refractivity contribution in [1.82, 2.24) is 5.32 Å². The third-order valence-electron chi connectivity index (χ3n) is 2.34. The van der Waals surface area contributed by atoms with Gasteiger partial charge in [-0.3, -0.25) is 0 Å². The van der Waals surface area contributed by atoms with E-state index in [4.69, 9.17) is 10.5 Å². The molecule has 1 amide bonds. The number of hydrogen-bond donors (Lipinski definition) is 2. The molecule has 1 fully saturated rings. The van der Waals surface area contributed by atoms with Crippen molar-refractivity contribution in [3.63, 3.8) is 0 Å². The lowest BCUT2D eigenvalue weighted by atomic mass is 10.1. The van der Waals surface area contributed by atoms with Gasteiger partial charge >= 0.3 is 6.09 Å². The number of nitrogens with two attached hydrogens (primary N) is 1. The molecule has 0 aromatic rings. The van der Waals surface area contributed by atoms with Crippen molar-refractivity contribution in [3.05, 3.63) is 0 Å². The Labute approximate surface area is 85.2 Å². The lowest BCUT2D eigenvalue weighted by Gasteiger charge is -2.29. The second kappa shape index (κ2) is 4.17. The van der Waals surface area contributed by atoms with Crippen LogP contribution in [0.2, 0.25) is 0 Å². The number of hydrogen-bond acceptors (Lipinski definition) is 3. The Morgan fingerprint density at radius 1 is 1.43 bits per heavy atom. The number of nitrogens with one attached hydrogen (secondary N) is 1. The molecule has 0 radical (unpaired) electrons. The number of ether oxygens (including phenoxy) is 1. The van der Waals surface area contributed by atoms with Gasteiger partial charge in [0.05, 0.1) is 0 Å². The van der Waals surface area contributed by atoms with Gasteiger partial charge in [0, 0.05) is 11.6 Å². The molecule has 82 valence electrons. The maximum atomic E-state index is 10.6. The van der Waals surface area contributed by atoms with Gasteiger partial charge in [0.15, 0.2) is 0 Å². The summed E-state index contributed by atoms with van der Waals surface area (Å²) in [5.74, 6) is 0. The number of carbonyl (C=O) groups excluding carboxylic acids is 1. The minimum absolute atomic E-state index is 0.0493. The average Bonchev–Trinajstić information content (AvgIpc) is 2.32. The zero-order chi connectivity index (χ0) is 10.8. The standard InChI is InChI=1S/C10H20N2O2/c1-10(2,3)12-7-5-4-6-8(7)14-9(11)13/h7-8,12H,4-6H2,1-3H3,(H2,11,13)/t7-,8-/m1/s1. The van der Waals surface area contributed by atoms with Crippen molar-refractivity contribution >= 4 is 6.09 Å². The number of amides is 1. The summed E-state index contributed by atoms with van der Waals surface area (Å²) in [6, 6.07) is 0.252. The van der Waals surface area contributed by atoms with Crippen LogP contribution in [0.1, 0.15) is 40.0 Å². The summed E-state index contributed by atoms with van der Waals surface area (Å²) in [5.41, 5.74) is 5.06. The van der Waals surface area contributed by atoms with E-state index in [-0.39, 0.29) is 17.7 Å². The van der Waals surface area contributed by atoms with E-state index in [1.807, 2.05) is 0 Å². The van der Waals surface area contributed by atoms with Crippen LogP contribution in [0.25, 0.3) is 0 Å². The van der Waals surface area contributed by atoms with Gasteiger partial charge in [-0.1, -0.05) is 0 Å². The molecule has 14 heavy (non-hydrogen) atoms. The van der Waals surface area contributed by atoms with Gasteiger partial charge in [-0.05, 0) is 40.0 Å². The predicted octanol–water partition coefficient (Wildman–Crippen LogP) is 1.39. The second-order valence-electron chi connectivity index (χ2n) is 4.91. The van der Waals surface area contributed by atoms with Gasteiger partial charge in [-0.15, -0.1) is 0 Å². The highest BCUT2D eigenvalue weighted by Crippen LogP contribution is 2.23. The molecule has 1 saturated carbocycles. The number of primary amides is 1. The first-order chi connectivity index (χ1) is 6.38. The molecule has 1 rings (SSSR count). The van der Waals surface area contributed by atoms with Crippen LogP contribution >= 0.6 is 0 Å². The van der Waals surface area contributed by atoms with Crippen LogP contribution in [0.4, 0.5) is 4.79 Å². The van der Waals surface area contributed by atoms with Crippen molar-refractivity contribution < 1.29 is 9.53 Å². The highest BCUT2D eigenvalue weighted by molar-refractivity contribution is 5.64. The van der Waals surface area contributed by atoms with Gasteiger partial charge in [0.2, 0.25) is 0 Å². The molecule has 0 aromatic carbocycles. The smallest absolute Gasteiger partial charge is 0.404 e. The Kier molecular flexibility index (Phi) is 3.37. The van der Waals surface area contributed by atoms with Crippen LogP contribution in [0.3, 0.4) is 0 Å². The van der Waals surface area contributed by atoms with Crippen molar-refractivity contribution in [2.24, 2.45) is 5.73 Å². The molecular formula is C10H20N2O2. The normalized spacial score (nSPS) is 27.6. The molecular weight excluding hydrogens is 180 g/mol. The maximum Gasteiger partial charge on any atom is 0.404 e. The summed E-state index contributed by atoms with van der Waals surface area (Å²) in [4.78, 5) is 10.6. The zero-order valence-electron chi connectivity index (χ0n) is 9.17. The molecule has 3 N–H and O–H groups in total. The zero-order valence-corrected chi connectivity index (χ0v) is 9.17. The molecule has 4 nitrogen and oxygen atoms in total. The monoisotopic (exact) mass is 200 g/mol. The van der Waals surface area contributed by atoms with E-state index in [1.165, 1.54) is 0 Å². The summed E-state index contributed by atoms with van der Waals surface area (Å²) in [7, 11) is 0. The van der Waals surface area contributed by atoms with Crippen molar-refractivity contribution in [3.8, 4) is 0 Å². The quantitative estimate of drug-likeness (QED) is 0.708. The third-order valence-corrected chi connectivity index (χ3v) is 2.34. The lowest BCUT2D eigenvalue weighted by Crippen LogP contribution is -2.48. The van der Waals surface area contributed by atoms with E-state index >= 15 is 0 Å². The van der Waals surface area contributed by atoms with Crippen molar-refractivity contribution in [2.45, 2.75) is 57.7 Å². The lowest BCUT2D eigenvalue weighted by molar-refractivity contribution is 0.0869. The van der Waals surface area contributed by atoms with E-state index in [0.29, 0.717) is 0 Å². The molecule has 0 saturated heterocycles. The van der Waals surface area contributed by atoms with E-state index in [2.05, 4.69) is 26.1 Å². The Bertz CT molecular complexity index is 211. The van der Waals surface area contributed by atoms with E-state index in [1.54, 1.807) is 0 Å². The second-order valence-corrected chi connectivity index (χ2v) is 4.91. The first-order valence-corrected chi connectivity index (χ1v) is 5.12. The van der Waals surface area contributed by atoms with E-state index in [0.717, 1.165) is 19.3 Å². The molecule has 1 aliphatic carbocycles. The molecule has 4 heteroatoms. The van der Waals surface area contributed by atoms with Gasteiger partial charge in [0.25, 0.3) is 0 Å². The first kappa shape index (κ1) is 11.3. The highest BCUT2D eigenvalue weighted by Gasteiger charge is 2.32. The number of carbonyl (C=O) groups is 1. The van der Waals surface area contributed by atoms with Gasteiger partial charge in [0.1, 0.15) is 6.10 Å². The summed E-state index contributed by atoms with van der Waals surface area (Å²) < 4.78 is 5.05. The molecule has 0 unspecified atom stereocenters. The largest absolute Gasteiger partial charge is 0.445 e. The average molecular weight is 200 g/mol. The fourth-order valence-electron chi connectivity index (χ4n) is 1.94. The van der Waals surface area contributed by atoms with Crippen LogP contribution in [-0.4, -0.2) is 23.8 Å². The van der Waals surface area contributed by atoms with E-state index < -0.39 is 6.09 Å². The van der Waals surface area contributed by atoms with Gasteiger partial charge in [-0.25, -0.2) is 4.79 Å². The van der Waals surface area contributed by atoms with Crippen LogP contribution in [0.15, 0.2) is 0 Å². The highest BCUT2D eigenvalue weighted by atomic mass is 16.6. The van der Waals surface area contributed by atoms with E-state index in [9.17, 15) is 4.79 Å². The Morgan fingerprint density at radius 2 is 2.07 bits per heavy atom. The summed E-state index contributed by atoms with van der Waals surface area (Å²) in [6.45, 7) is 6.31. The fourth-order valence-corrected chi connectivity index (χ4v) is 1.94. The van der Waals surface area contributed by atoms with Gasteiger partial charge in [-0.2, -0.15) is 0 Å². The molecule has 0 spiro atoms. The van der Waals surface area contributed by atoms with Gasteiger partial charge < -0.3 is 15.8 Å². The molecule has 0 heterocycles. The Hall–Kier alpha value is -0.770. The van der Waals surface area contributed by atoms with Crippen LogP contribution in [0.5, 0.6) is 0 Å². The third kappa shape index (κ3) is 3.54. The SMILES string of the molecule is CC(C)(C)N[C@@H]1CCC[C@H]1OC(N)=O. The summed E-state index contributed by atoms with van der Waals surface area (Å²) in [6.07, 6.45) is 2.33. The van der Waals surface area contributed by atoms with Crippen molar-refractivity contribution in [2.75, 3.05) is 0 Å². The molecule has 0 bridgehead atoms. The molecule has 0 aliphatic heterocycles. The molecule has 0 aromatic heterocycles. The fraction of sp³-hybridized carbons (Fsp3) is 0.900. The van der Waals surface area contributed by atoms with Crippen LogP contribution in [-0.2, 0) is 4.74 Å². The Morgan fingerprint density at radius 3 is 2.57 bits per heavy atom. The maximum absolute atomic E-state index is 10.6. The predicted molar refractivity (Wildman–Crippen MR) is 55.0 cm³/mol. The minimum Gasteiger partial charge on any atom is -0.445 e. The van der Waals surface area contributed by atoms with Crippen molar-refractivity contribution in [1.29, 1.82) is 0 Å². The van der Waals surface area contributed by atoms with Crippen LogP contribution in [0, 0.1) is 0 Å². The summed E-state index contributed by atoms with van der Waals surface area (Å²) in [5, 5.41) is 3.44. The van der Waals surface area contributed by atoms with Crippen LogP contribution < -0.4 is 11.1 Å². The molecule has 2 atom stereocenters.